The van der Waals surface area contributed by atoms with Crippen molar-refractivity contribution in [1.82, 2.24) is 9.55 Å². The van der Waals surface area contributed by atoms with Crippen LogP contribution in [0.25, 0.3) is 11.0 Å². The molecular formula is C18H20FN5O4. The van der Waals surface area contributed by atoms with Crippen LogP contribution in [0, 0.1) is 11.7 Å². The van der Waals surface area contributed by atoms with Crippen LogP contribution in [0.2, 0.25) is 0 Å². The van der Waals surface area contributed by atoms with Crippen LogP contribution in [0.3, 0.4) is 0 Å². The van der Waals surface area contributed by atoms with Crippen molar-refractivity contribution in [1.29, 1.82) is 0 Å². The first kappa shape index (κ1) is 18.4. The molecule has 3 heterocycles. The number of hydrogen-bond donors (Lipinski definition) is 2. The minimum atomic E-state index is -1.34. The van der Waals surface area contributed by atoms with Gasteiger partial charge in [0.25, 0.3) is 0 Å². The van der Waals surface area contributed by atoms with Crippen LogP contribution in [0.1, 0.15) is 29.2 Å². The molecule has 28 heavy (non-hydrogen) atoms. The molecule has 148 valence electrons. The lowest BCUT2D eigenvalue weighted by molar-refractivity contribution is 0.0695. The van der Waals surface area contributed by atoms with E-state index >= 15 is 0 Å². The highest BCUT2D eigenvalue weighted by Gasteiger charge is 2.33. The zero-order valence-electron chi connectivity index (χ0n) is 15.3. The second kappa shape index (κ2) is 6.86. The van der Waals surface area contributed by atoms with E-state index in [-0.39, 0.29) is 34.4 Å². The monoisotopic (exact) mass is 389 g/mol. The Labute approximate surface area is 159 Å². The lowest BCUT2D eigenvalue weighted by atomic mass is 10.1. The molecule has 1 aliphatic heterocycles. The lowest BCUT2D eigenvalue weighted by Gasteiger charge is -2.19. The van der Waals surface area contributed by atoms with Gasteiger partial charge in [-0.15, -0.1) is 0 Å². The molecule has 4 rings (SSSR count). The van der Waals surface area contributed by atoms with E-state index in [1.54, 1.807) is 9.47 Å². The molecular weight excluding hydrogens is 369 g/mol. The summed E-state index contributed by atoms with van der Waals surface area (Å²) in [7, 11) is 1.44. The Morgan fingerprint density at radius 3 is 2.86 bits per heavy atom. The summed E-state index contributed by atoms with van der Waals surface area (Å²) in [5.41, 5.74) is 5.65. The van der Waals surface area contributed by atoms with Gasteiger partial charge >= 0.3 is 5.97 Å². The van der Waals surface area contributed by atoms with E-state index in [4.69, 9.17) is 10.6 Å². The number of nitrogens with two attached hydrogens (primary N) is 1. The molecule has 1 saturated carbocycles. The summed E-state index contributed by atoms with van der Waals surface area (Å²) in [5, 5.41) is 13.2. The molecule has 0 amide bonds. The van der Waals surface area contributed by atoms with Gasteiger partial charge in [0.2, 0.25) is 5.43 Å². The van der Waals surface area contributed by atoms with E-state index in [1.807, 2.05) is 0 Å². The number of carboxylic acid groups (broad SMARTS) is 1. The first-order valence-electron chi connectivity index (χ1n) is 8.98. The van der Waals surface area contributed by atoms with Gasteiger partial charge in [-0.2, -0.15) is 0 Å². The van der Waals surface area contributed by atoms with Crippen LogP contribution in [0.15, 0.2) is 22.2 Å². The summed E-state index contributed by atoms with van der Waals surface area (Å²) in [6, 6.07) is 1.14. The van der Waals surface area contributed by atoms with Gasteiger partial charge in [0.1, 0.15) is 18.3 Å². The molecule has 0 bridgehead atoms. The zero-order valence-corrected chi connectivity index (χ0v) is 15.3. The summed E-state index contributed by atoms with van der Waals surface area (Å²) in [5.74, 6) is -2.03. The van der Waals surface area contributed by atoms with Crippen molar-refractivity contribution in [3.8, 4) is 0 Å². The van der Waals surface area contributed by atoms with Gasteiger partial charge in [0.15, 0.2) is 11.6 Å². The largest absolute Gasteiger partial charge is 0.477 e. The highest BCUT2D eigenvalue weighted by molar-refractivity contribution is 5.95. The van der Waals surface area contributed by atoms with Crippen molar-refractivity contribution in [3.63, 3.8) is 0 Å². The normalized spacial score (nSPS) is 20.9. The van der Waals surface area contributed by atoms with Gasteiger partial charge in [-0.1, -0.05) is 5.16 Å². The predicted molar refractivity (Wildman–Crippen MR) is 100 cm³/mol. The Bertz CT molecular complexity index is 1050. The molecule has 1 saturated heterocycles. The van der Waals surface area contributed by atoms with Gasteiger partial charge < -0.3 is 25.1 Å². The SMILES string of the molecule is CO/N=C1/CN(c2nc3c(cc2F)c(=O)c(C(=O)O)cn3C2CC2)C[C@@H]1CN. The fraction of sp³-hybridized carbons (Fsp3) is 0.444. The molecule has 0 unspecified atom stereocenters. The first-order chi connectivity index (χ1) is 13.4. The third-order valence-electron chi connectivity index (χ3n) is 5.17. The molecule has 1 aliphatic carbocycles. The highest BCUT2D eigenvalue weighted by Crippen LogP contribution is 2.37. The maximum absolute atomic E-state index is 14.9. The number of pyridine rings is 2. The summed E-state index contributed by atoms with van der Waals surface area (Å²) < 4.78 is 16.5. The minimum absolute atomic E-state index is 0.0339. The number of carbonyl (C=O) groups is 1. The second-order valence-corrected chi connectivity index (χ2v) is 7.06. The van der Waals surface area contributed by atoms with Crippen molar-refractivity contribution in [3.05, 3.63) is 33.9 Å². The molecule has 0 spiro atoms. The molecule has 0 radical (unpaired) electrons. The molecule has 0 aromatic carbocycles. The topological polar surface area (TPSA) is 123 Å². The van der Waals surface area contributed by atoms with Gasteiger partial charge in [-0.05, 0) is 18.9 Å². The van der Waals surface area contributed by atoms with Crippen LogP contribution >= 0.6 is 0 Å². The predicted octanol–water partition coefficient (Wildman–Crippen LogP) is 0.966. The zero-order chi connectivity index (χ0) is 20.0. The minimum Gasteiger partial charge on any atom is -0.477 e. The van der Waals surface area contributed by atoms with E-state index in [1.165, 1.54) is 13.3 Å². The average Bonchev–Trinajstić information content (AvgIpc) is 3.42. The third-order valence-corrected chi connectivity index (χ3v) is 5.17. The molecule has 3 N–H and O–H groups in total. The number of anilines is 1. The molecule has 2 aromatic heterocycles. The van der Waals surface area contributed by atoms with Crippen LogP contribution in [-0.4, -0.2) is 53.1 Å². The van der Waals surface area contributed by atoms with E-state index < -0.39 is 17.2 Å². The van der Waals surface area contributed by atoms with Crippen molar-refractivity contribution in [2.45, 2.75) is 18.9 Å². The van der Waals surface area contributed by atoms with Crippen molar-refractivity contribution in [2.24, 2.45) is 16.8 Å². The van der Waals surface area contributed by atoms with Crippen molar-refractivity contribution in [2.75, 3.05) is 31.6 Å². The average molecular weight is 389 g/mol. The fourth-order valence-electron chi connectivity index (χ4n) is 3.60. The number of carboxylic acids is 1. The maximum Gasteiger partial charge on any atom is 0.341 e. The lowest BCUT2D eigenvalue weighted by Crippen LogP contribution is -2.26. The van der Waals surface area contributed by atoms with Crippen LogP contribution in [0.5, 0.6) is 0 Å². The van der Waals surface area contributed by atoms with Crippen LogP contribution in [0.4, 0.5) is 10.2 Å². The van der Waals surface area contributed by atoms with Crippen LogP contribution < -0.4 is 16.1 Å². The molecule has 2 fully saturated rings. The number of halogens is 1. The second-order valence-electron chi connectivity index (χ2n) is 7.06. The Morgan fingerprint density at radius 2 is 2.25 bits per heavy atom. The van der Waals surface area contributed by atoms with Crippen molar-refractivity contribution < 1.29 is 19.1 Å². The Kier molecular flexibility index (Phi) is 4.50. The number of oxime groups is 1. The molecule has 10 heteroatoms. The maximum atomic E-state index is 14.9. The van der Waals surface area contributed by atoms with E-state index in [9.17, 15) is 19.1 Å². The van der Waals surface area contributed by atoms with E-state index in [0.29, 0.717) is 25.3 Å². The molecule has 9 nitrogen and oxygen atoms in total. The molecule has 1 atom stereocenters. The summed E-state index contributed by atoms with van der Waals surface area (Å²) in [6.07, 6.45) is 3.02. The van der Waals surface area contributed by atoms with E-state index in [0.717, 1.165) is 18.9 Å². The molecule has 2 aromatic rings. The summed E-state index contributed by atoms with van der Waals surface area (Å²) >= 11 is 0. The Morgan fingerprint density at radius 1 is 1.50 bits per heavy atom. The van der Waals surface area contributed by atoms with Crippen LogP contribution in [-0.2, 0) is 4.84 Å². The highest BCUT2D eigenvalue weighted by atomic mass is 19.1. The van der Waals surface area contributed by atoms with Gasteiger partial charge in [-0.3, -0.25) is 4.79 Å². The number of rotatable bonds is 5. The number of aromatic carboxylic acids is 1. The van der Waals surface area contributed by atoms with Crippen molar-refractivity contribution >= 4 is 28.5 Å². The Balaban J connectivity index is 1.86. The van der Waals surface area contributed by atoms with Gasteiger partial charge in [-0.25, -0.2) is 14.2 Å². The van der Waals surface area contributed by atoms with Gasteiger partial charge in [0.05, 0.1) is 17.6 Å². The Hall–Kier alpha value is -3.01. The smallest absolute Gasteiger partial charge is 0.341 e. The quantitative estimate of drug-likeness (QED) is 0.730. The third kappa shape index (κ3) is 2.99. The number of aromatic nitrogens is 2. The standard InChI is InChI=1S/C18H20FN5O4/c1-28-22-14-8-23(6-9(14)5-20)17-13(19)4-11-15(25)12(18(26)27)7-24(10-2-3-10)16(11)21-17/h4,7,9-10H,2-3,5-6,8,20H2,1H3,(H,26,27)/b22-14-/t9-/m0/s1. The summed E-state index contributed by atoms with van der Waals surface area (Å²) in [6.45, 7) is 1.07. The number of fused-ring (bicyclic) bond motifs is 1. The fourth-order valence-corrected chi connectivity index (χ4v) is 3.60. The first-order valence-corrected chi connectivity index (χ1v) is 8.98. The van der Waals surface area contributed by atoms with Gasteiger partial charge in [0, 0.05) is 31.2 Å². The number of nitrogens with zero attached hydrogens (tertiary/aromatic N) is 4. The molecule has 2 aliphatic rings. The number of hydrogen-bond acceptors (Lipinski definition) is 7. The summed E-state index contributed by atoms with van der Waals surface area (Å²) in [4.78, 5) is 34.9. The van der Waals surface area contributed by atoms with E-state index in [2.05, 4.69) is 10.1 Å².